The summed E-state index contributed by atoms with van der Waals surface area (Å²) in [6, 6.07) is 2.21. The summed E-state index contributed by atoms with van der Waals surface area (Å²) in [6.07, 6.45) is 1.84. The predicted octanol–water partition coefficient (Wildman–Crippen LogP) is 0.785. The predicted molar refractivity (Wildman–Crippen MR) is 51.4 cm³/mol. The third kappa shape index (κ3) is 3.00. The molecule has 14 heavy (non-hydrogen) atoms. The molecule has 0 aromatic rings. The smallest absolute Gasteiger partial charge is 0.248 e. The molecule has 1 fully saturated rings. The molecule has 0 aromatic heterocycles. The number of hydrogen-bond acceptors (Lipinski definition) is 3. The van der Waals surface area contributed by atoms with Gasteiger partial charge in [-0.15, -0.1) is 0 Å². The number of carbonyl (C=O) groups excluding carboxylic acids is 1. The number of carbonyl (C=O) groups is 1. The zero-order valence-corrected chi connectivity index (χ0v) is 8.53. The Labute approximate surface area is 84.4 Å². The van der Waals surface area contributed by atoms with E-state index in [-0.39, 0.29) is 18.4 Å². The molecular weight excluding hydrogens is 180 g/mol. The average molecular weight is 196 g/mol. The topological polar surface area (TPSA) is 53.3 Å². The monoisotopic (exact) mass is 196 g/mol. The van der Waals surface area contributed by atoms with Crippen LogP contribution in [0.4, 0.5) is 0 Å². The van der Waals surface area contributed by atoms with E-state index in [4.69, 9.17) is 10.00 Å². The summed E-state index contributed by atoms with van der Waals surface area (Å²) in [7, 11) is 0. The maximum Gasteiger partial charge on any atom is 0.248 e. The van der Waals surface area contributed by atoms with E-state index in [2.05, 4.69) is 6.07 Å². The fraction of sp³-hybridized carbons (Fsp3) is 0.800. The summed E-state index contributed by atoms with van der Waals surface area (Å²) < 4.78 is 5.04. The summed E-state index contributed by atoms with van der Waals surface area (Å²) >= 11 is 0. The first-order valence-electron chi connectivity index (χ1n) is 5.03. The summed E-state index contributed by atoms with van der Waals surface area (Å²) in [4.78, 5) is 13.2. The van der Waals surface area contributed by atoms with Crippen LogP contribution in [-0.4, -0.2) is 37.1 Å². The van der Waals surface area contributed by atoms with Crippen molar-refractivity contribution in [3.8, 4) is 6.07 Å². The van der Waals surface area contributed by atoms with Gasteiger partial charge >= 0.3 is 0 Å². The van der Waals surface area contributed by atoms with Gasteiger partial charge in [-0.05, 0) is 19.8 Å². The van der Waals surface area contributed by atoms with Gasteiger partial charge in [0.05, 0.1) is 12.0 Å². The molecule has 0 aromatic carbocycles. The number of hydrogen-bond donors (Lipinski definition) is 0. The highest BCUT2D eigenvalue weighted by Crippen LogP contribution is 2.15. The molecule has 78 valence electrons. The van der Waals surface area contributed by atoms with Gasteiger partial charge in [0, 0.05) is 19.7 Å². The fourth-order valence-electron chi connectivity index (χ4n) is 1.59. The van der Waals surface area contributed by atoms with E-state index in [9.17, 15) is 4.79 Å². The molecule has 0 saturated carbocycles. The Balaban J connectivity index is 2.36. The summed E-state index contributed by atoms with van der Waals surface area (Å²) in [5.41, 5.74) is 0. The SMILES string of the molecule is CCOCC(=O)N1CCCC(C#N)C1. The van der Waals surface area contributed by atoms with Crippen molar-refractivity contribution < 1.29 is 9.53 Å². The van der Waals surface area contributed by atoms with Crippen LogP contribution in [0.2, 0.25) is 0 Å². The summed E-state index contributed by atoms with van der Waals surface area (Å²) in [5.74, 6) is 0.0149. The Bertz CT molecular complexity index is 235. The molecule has 1 heterocycles. The van der Waals surface area contributed by atoms with Gasteiger partial charge in [0.15, 0.2) is 0 Å². The van der Waals surface area contributed by atoms with Crippen molar-refractivity contribution in [3.05, 3.63) is 0 Å². The molecule has 4 nitrogen and oxygen atoms in total. The Morgan fingerprint density at radius 1 is 1.71 bits per heavy atom. The second-order valence-electron chi connectivity index (χ2n) is 3.45. The van der Waals surface area contributed by atoms with E-state index >= 15 is 0 Å². The van der Waals surface area contributed by atoms with Crippen LogP contribution in [0.3, 0.4) is 0 Å². The largest absolute Gasteiger partial charge is 0.372 e. The van der Waals surface area contributed by atoms with Crippen LogP contribution in [0.1, 0.15) is 19.8 Å². The second kappa shape index (κ2) is 5.61. The highest BCUT2D eigenvalue weighted by atomic mass is 16.5. The normalized spacial score (nSPS) is 21.7. The van der Waals surface area contributed by atoms with Gasteiger partial charge in [-0.3, -0.25) is 4.79 Å². The van der Waals surface area contributed by atoms with Gasteiger partial charge in [-0.1, -0.05) is 0 Å². The molecule has 0 bridgehead atoms. The second-order valence-corrected chi connectivity index (χ2v) is 3.45. The lowest BCUT2D eigenvalue weighted by Crippen LogP contribution is -2.41. The minimum Gasteiger partial charge on any atom is -0.372 e. The highest BCUT2D eigenvalue weighted by Gasteiger charge is 2.22. The molecule has 0 radical (unpaired) electrons. The van der Waals surface area contributed by atoms with Crippen LogP contribution in [0, 0.1) is 17.2 Å². The molecule has 0 spiro atoms. The van der Waals surface area contributed by atoms with Gasteiger partial charge in [-0.2, -0.15) is 5.26 Å². The van der Waals surface area contributed by atoms with Crippen molar-refractivity contribution in [1.82, 2.24) is 4.90 Å². The molecule has 1 aliphatic heterocycles. The first kappa shape index (κ1) is 11.0. The molecule has 4 heteroatoms. The van der Waals surface area contributed by atoms with Gasteiger partial charge in [0.25, 0.3) is 0 Å². The third-order valence-electron chi connectivity index (χ3n) is 2.39. The van der Waals surface area contributed by atoms with Crippen molar-refractivity contribution in [1.29, 1.82) is 5.26 Å². The number of nitrogens with zero attached hydrogens (tertiary/aromatic N) is 2. The van der Waals surface area contributed by atoms with Crippen molar-refractivity contribution in [2.75, 3.05) is 26.3 Å². The van der Waals surface area contributed by atoms with E-state index in [1.54, 1.807) is 4.90 Å². The van der Waals surface area contributed by atoms with Crippen LogP contribution in [0.15, 0.2) is 0 Å². The number of amides is 1. The van der Waals surface area contributed by atoms with Crippen LogP contribution >= 0.6 is 0 Å². The van der Waals surface area contributed by atoms with E-state index in [1.807, 2.05) is 6.92 Å². The first-order chi connectivity index (χ1) is 6.77. The summed E-state index contributed by atoms with van der Waals surface area (Å²) in [6.45, 7) is 3.91. The lowest BCUT2D eigenvalue weighted by Gasteiger charge is -2.29. The molecule has 0 N–H and O–H groups in total. The van der Waals surface area contributed by atoms with Crippen molar-refractivity contribution in [3.63, 3.8) is 0 Å². The molecular formula is C10H16N2O2. The third-order valence-corrected chi connectivity index (χ3v) is 2.39. The van der Waals surface area contributed by atoms with E-state index < -0.39 is 0 Å². The Hall–Kier alpha value is -1.08. The lowest BCUT2D eigenvalue weighted by molar-refractivity contribution is -0.137. The van der Waals surface area contributed by atoms with Crippen LogP contribution in [-0.2, 0) is 9.53 Å². The number of piperidine rings is 1. The Morgan fingerprint density at radius 3 is 3.14 bits per heavy atom. The molecule has 1 amide bonds. The number of likely N-dealkylation sites (tertiary alicyclic amines) is 1. The molecule has 1 atom stereocenters. The first-order valence-corrected chi connectivity index (χ1v) is 5.03. The van der Waals surface area contributed by atoms with Gasteiger partial charge in [0.1, 0.15) is 6.61 Å². The number of rotatable bonds is 3. The maximum absolute atomic E-state index is 11.5. The average Bonchev–Trinajstić information content (AvgIpc) is 2.26. The van der Waals surface area contributed by atoms with Crippen molar-refractivity contribution in [2.45, 2.75) is 19.8 Å². The maximum atomic E-state index is 11.5. The van der Waals surface area contributed by atoms with E-state index in [0.29, 0.717) is 13.2 Å². The van der Waals surface area contributed by atoms with Crippen LogP contribution < -0.4 is 0 Å². The van der Waals surface area contributed by atoms with Crippen LogP contribution in [0.25, 0.3) is 0 Å². The lowest BCUT2D eigenvalue weighted by atomic mass is 10.00. The van der Waals surface area contributed by atoms with Gasteiger partial charge in [-0.25, -0.2) is 0 Å². The zero-order chi connectivity index (χ0) is 10.4. The Kier molecular flexibility index (Phi) is 4.41. The van der Waals surface area contributed by atoms with E-state index in [1.165, 1.54) is 0 Å². The standard InChI is InChI=1S/C10H16N2O2/c1-2-14-8-10(13)12-5-3-4-9(6-11)7-12/h9H,2-5,7-8H2,1H3. The summed E-state index contributed by atoms with van der Waals surface area (Å²) in [5, 5.41) is 8.75. The minimum atomic E-state index is 0.00630. The van der Waals surface area contributed by atoms with Gasteiger partial charge < -0.3 is 9.64 Å². The van der Waals surface area contributed by atoms with Crippen LogP contribution in [0.5, 0.6) is 0 Å². The fourth-order valence-corrected chi connectivity index (χ4v) is 1.59. The molecule has 1 unspecified atom stereocenters. The molecule has 1 rings (SSSR count). The van der Waals surface area contributed by atoms with Gasteiger partial charge in [0.2, 0.25) is 5.91 Å². The number of nitriles is 1. The highest BCUT2D eigenvalue weighted by molar-refractivity contribution is 5.77. The quantitative estimate of drug-likeness (QED) is 0.670. The van der Waals surface area contributed by atoms with Crippen molar-refractivity contribution >= 4 is 5.91 Å². The van der Waals surface area contributed by atoms with Crippen molar-refractivity contribution in [2.24, 2.45) is 5.92 Å². The number of ether oxygens (including phenoxy) is 1. The minimum absolute atomic E-state index is 0.00630. The molecule has 0 aliphatic carbocycles. The zero-order valence-electron chi connectivity index (χ0n) is 8.53. The van der Waals surface area contributed by atoms with E-state index in [0.717, 1.165) is 19.4 Å². The molecule has 1 saturated heterocycles. The molecule has 1 aliphatic rings. The Morgan fingerprint density at radius 2 is 2.50 bits per heavy atom.